The number of rotatable bonds is 3. The molecule has 0 saturated carbocycles. The third-order valence-electron chi connectivity index (χ3n) is 3.87. The predicted octanol–water partition coefficient (Wildman–Crippen LogP) is 8.82. The Kier molecular flexibility index (Phi) is 30.0. The molecule has 6 heteroatoms. The molecule has 1 aliphatic rings. The Labute approximate surface area is 221 Å². The van der Waals surface area contributed by atoms with Gasteiger partial charge >= 0.3 is 21.7 Å². The minimum Gasteiger partial charge on any atom is -0.668 e. The zero-order valence-electron chi connectivity index (χ0n) is 24.7. The van der Waals surface area contributed by atoms with Gasteiger partial charge in [0.15, 0.2) is 0 Å². The van der Waals surface area contributed by atoms with Gasteiger partial charge in [0.2, 0.25) is 0 Å². The van der Waals surface area contributed by atoms with Gasteiger partial charge in [-0.05, 0) is 0 Å². The van der Waals surface area contributed by atoms with Crippen LogP contribution in [0.5, 0.6) is 0 Å². The average molecular weight is 514 g/mol. The summed E-state index contributed by atoms with van der Waals surface area (Å²) in [7, 11) is 8.56. The molecule has 0 atom stereocenters. The van der Waals surface area contributed by atoms with E-state index >= 15 is 0 Å². The zero-order chi connectivity index (χ0) is 25.9. The Morgan fingerprint density at radius 2 is 0.906 bits per heavy atom. The Bertz CT molecular complexity index is 524. The van der Waals surface area contributed by atoms with Gasteiger partial charge in [0.25, 0.3) is 0 Å². The average Bonchev–Trinajstić information content (AvgIpc) is 2.75. The summed E-state index contributed by atoms with van der Waals surface area (Å²) in [6.07, 6.45) is 7.89. The third kappa shape index (κ3) is 32.2. The molecular weight excluding hydrogens is 458 g/mol. The minimum absolute atomic E-state index is 0. The van der Waals surface area contributed by atoms with Crippen molar-refractivity contribution in [2.45, 2.75) is 73.9 Å². The second kappa shape index (κ2) is 22.8. The fraction of sp³-hybridized carbons (Fsp3) is 0.692. The fourth-order valence-electron chi connectivity index (χ4n) is 2.09. The van der Waals surface area contributed by atoms with Crippen molar-refractivity contribution in [3.63, 3.8) is 0 Å². The van der Waals surface area contributed by atoms with E-state index in [2.05, 4.69) is 119 Å². The molecule has 0 spiro atoms. The molecule has 1 rings (SSSR count). The molecular formula is C26H55N3Si2Ti. The van der Waals surface area contributed by atoms with Crippen LogP contribution in [0.25, 0.3) is 16.0 Å². The van der Waals surface area contributed by atoms with Crippen molar-refractivity contribution in [3.8, 4) is 0 Å². The van der Waals surface area contributed by atoms with E-state index in [1.807, 2.05) is 0 Å². The fourth-order valence-corrected chi connectivity index (χ4v) is 3.47. The first-order chi connectivity index (χ1) is 13.9. The molecule has 32 heavy (non-hydrogen) atoms. The van der Waals surface area contributed by atoms with Crippen LogP contribution in [0, 0.1) is 11.5 Å². The Balaban J connectivity index is -0.000000109. The van der Waals surface area contributed by atoms with Crippen LogP contribution in [0.3, 0.4) is 0 Å². The van der Waals surface area contributed by atoms with Crippen LogP contribution in [0.2, 0.25) is 39.3 Å². The molecule has 0 fully saturated rings. The van der Waals surface area contributed by atoms with Crippen molar-refractivity contribution in [2.75, 3.05) is 42.3 Å². The first kappa shape index (κ1) is 42.2. The van der Waals surface area contributed by atoms with E-state index < -0.39 is 16.1 Å². The summed E-state index contributed by atoms with van der Waals surface area (Å²) < 4.78 is 0. The standard InChI is InChI=1S/C10H22Si2.C10H15.3C2H6N.Ti/c1-11(2,3)9-7-8-10-12(4,5)6;1-7-6-10(4,5)9(3)8(7)2;3*1-3-2;/h7-10H,1-6H3;1-5H3;3*1-2H3;/q;4*-1;+4. The third-order valence-corrected chi connectivity index (χ3v) is 6.25. The number of hydrogen-bond donors (Lipinski definition) is 0. The van der Waals surface area contributed by atoms with Gasteiger partial charge in [0.05, 0.1) is 16.1 Å². The van der Waals surface area contributed by atoms with Crippen LogP contribution in [-0.2, 0) is 21.7 Å². The Morgan fingerprint density at radius 1 is 0.656 bits per heavy atom. The molecule has 0 amide bonds. The van der Waals surface area contributed by atoms with Gasteiger partial charge in [-0.2, -0.15) is 53.4 Å². The topological polar surface area (TPSA) is 42.3 Å². The normalized spacial score (nSPS) is 14.6. The van der Waals surface area contributed by atoms with E-state index in [0.717, 1.165) is 0 Å². The quantitative estimate of drug-likeness (QED) is 0.205. The summed E-state index contributed by atoms with van der Waals surface area (Å²) >= 11 is 0. The Hall–Kier alpha value is -0.0119. The monoisotopic (exact) mass is 513 g/mol. The van der Waals surface area contributed by atoms with Gasteiger partial charge < -0.3 is 16.0 Å². The van der Waals surface area contributed by atoms with Crippen molar-refractivity contribution in [1.29, 1.82) is 0 Å². The number of nitrogens with zero attached hydrogens (tertiary/aromatic N) is 3. The van der Waals surface area contributed by atoms with Crippen LogP contribution >= 0.6 is 0 Å². The molecule has 0 aromatic heterocycles. The summed E-state index contributed by atoms with van der Waals surface area (Å²) in [5.41, 5.74) is 9.15. The second-order valence-electron chi connectivity index (χ2n) is 10.4. The molecule has 0 N–H and O–H groups in total. The van der Waals surface area contributed by atoms with E-state index in [1.165, 1.54) is 16.7 Å². The molecule has 3 nitrogen and oxygen atoms in total. The molecule has 0 unspecified atom stereocenters. The zero-order valence-corrected chi connectivity index (χ0v) is 28.2. The largest absolute Gasteiger partial charge is 4.00 e. The Morgan fingerprint density at radius 3 is 1.00 bits per heavy atom. The SMILES string of the molecule is CC1=[C-]C(C)(C)C(C)=C1C.C[N-]C.C[N-]C.C[N-]C.C[Si](C)(C)C=CC=C[Si](C)(C)C.[Ti+4]. The van der Waals surface area contributed by atoms with E-state index in [9.17, 15) is 0 Å². The van der Waals surface area contributed by atoms with Gasteiger partial charge in [-0.1, -0.05) is 95.9 Å². The molecule has 0 aromatic carbocycles. The van der Waals surface area contributed by atoms with Crippen LogP contribution in [0.15, 0.2) is 40.3 Å². The second-order valence-corrected chi connectivity index (χ2v) is 20.5. The summed E-state index contributed by atoms with van der Waals surface area (Å²) in [5, 5.41) is 10.5. The van der Waals surface area contributed by atoms with Gasteiger partial charge in [-0.15, -0.1) is 6.92 Å². The van der Waals surface area contributed by atoms with E-state index in [4.69, 9.17) is 0 Å². The van der Waals surface area contributed by atoms with Crippen molar-refractivity contribution >= 4 is 16.1 Å². The minimum atomic E-state index is -0.970. The first-order valence-electron chi connectivity index (χ1n) is 11.0. The van der Waals surface area contributed by atoms with Crippen LogP contribution in [0.1, 0.15) is 34.6 Å². The van der Waals surface area contributed by atoms with Gasteiger partial charge in [0.1, 0.15) is 0 Å². The molecule has 186 valence electrons. The maximum absolute atomic E-state index is 3.50. The summed E-state index contributed by atoms with van der Waals surface area (Å²) in [4.78, 5) is 0. The first-order valence-corrected chi connectivity index (χ1v) is 18.2. The molecule has 1 aliphatic carbocycles. The summed E-state index contributed by atoms with van der Waals surface area (Å²) in [6, 6.07) is 0. The summed E-state index contributed by atoms with van der Waals surface area (Å²) in [5.74, 6) is 0. The van der Waals surface area contributed by atoms with Crippen molar-refractivity contribution in [1.82, 2.24) is 0 Å². The molecule has 0 radical (unpaired) electrons. The van der Waals surface area contributed by atoms with E-state index in [1.54, 1.807) is 42.3 Å². The number of hydrogen-bond acceptors (Lipinski definition) is 0. The van der Waals surface area contributed by atoms with Gasteiger partial charge in [-0.3, -0.25) is 6.08 Å². The van der Waals surface area contributed by atoms with Crippen molar-refractivity contribution in [3.05, 3.63) is 62.3 Å². The van der Waals surface area contributed by atoms with Crippen LogP contribution < -0.4 is 0 Å². The molecule has 0 heterocycles. The van der Waals surface area contributed by atoms with E-state index in [-0.39, 0.29) is 27.1 Å². The van der Waals surface area contributed by atoms with Gasteiger partial charge in [-0.25, -0.2) is 5.57 Å². The molecule has 0 bridgehead atoms. The van der Waals surface area contributed by atoms with Crippen LogP contribution in [0.4, 0.5) is 0 Å². The molecule has 0 aliphatic heterocycles. The predicted molar refractivity (Wildman–Crippen MR) is 155 cm³/mol. The maximum atomic E-state index is 3.50. The van der Waals surface area contributed by atoms with E-state index in [0.29, 0.717) is 0 Å². The molecule has 0 aromatic rings. The van der Waals surface area contributed by atoms with Crippen molar-refractivity contribution < 1.29 is 21.7 Å². The van der Waals surface area contributed by atoms with Gasteiger partial charge in [0, 0.05) is 0 Å². The smallest absolute Gasteiger partial charge is 0.668 e. The number of allylic oxidation sites excluding steroid dienone is 6. The molecule has 0 saturated heterocycles. The summed E-state index contributed by atoms with van der Waals surface area (Å²) in [6.45, 7) is 25.0. The maximum Gasteiger partial charge on any atom is 4.00 e. The van der Waals surface area contributed by atoms with Crippen molar-refractivity contribution in [2.24, 2.45) is 5.41 Å². The van der Waals surface area contributed by atoms with Crippen LogP contribution in [-0.4, -0.2) is 58.4 Å².